The molecule has 27 heavy (non-hydrogen) atoms. The predicted octanol–water partition coefficient (Wildman–Crippen LogP) is 5.57. The average molecular weight is 458 g/mol. The fraction of sp³-hybridized carbons (Fsp3) is 0. The molecule has 2 aromatic heterocycles. The van der Waals surface area contributed by atoms with Gasteiger partial charge < -0.3 is 4.42 Å². The molecular weight excluding hydrogens is 446 g/mol. The normalized spacial score (nSPS) is 11.3. The summed E-state index contributed by atoms with van der Waals surface area (Å²) in [5, 5.41) is 4.66. The zero-order valence-electron chi connectivity index (χ0n) is 13.8. The highest BCUT2D eigenvalue weighted by Crippen LogP contribution is 2.34. The van der Waals surface area contributed by atoms with Crippen LogP contribution in [-0.4, -0.2) is 17.1 Å². The molecule has 0 spiro atoms. The zero-order chi connectivity index (χ0) is 18.6. The van der Waals surface area contributed by atoms with Gasteiger partial charge in [-0.15, -0.1) is 11.3 Å². The van der Waals surface area contributed by atoms with Gasteiger partial charge in [-0.1, -0.05) is 34.1 Å². The van der Waals surface area contributed by atoms with Gasteiger partial charge in [-0.3, -0.25) is 4.79 Å². The third kappa shape index (κ3) is 4.47. The molecule has 2 aromatic carbocycles. The first kappa shape index (κ1) is 18.0. The van der Waals surface area contributed by atoms with Crippen LogP contribution in [0, 0.1) is 0 Å². The van der Waals surface area contributed by atoms with E-state index in [1.165, 1.54) is 18.0 Å². The van der Waals surface area contributed by atoms with Gasteiger partial charge in [0.1, 0.15) is 5.76 Å². The Morgan fingerprint density at radius 2 is 2.07 bits per heavy atom. The highest BCUT2D eigenvalue weighted by Gasteiger charge is 2.08. The maximum absolute atomic E-state index is 12.0. The van der Waals surface area contributed by atoms with Crippen molar-refractivity contribution in [3.05, 3.63) is 76.5 Å². The molecule has 0 saturated carbocycles. The standard InChI is InChI=1S/C19H12BrN3O2S2/c20-13-5-3-4-12(10-13)18(24)23-21-11-14-8-9-17(25-14)27-19-22-15-6-1-2-7-16(15)26-19/h1-11H,(H,23,24). The fourth-order valence-electron chi connectivity index (χ4n) is 2.29. The Kier molecular flexibility index (Phi) is 5.38. The van der Waals surface area contributed by atoms with E-state index in [1.54, 1.807) is 35.6 Å². The summed E-state index contributed by atoms with van der Waals surface area (Å²) in [6.45, 7) is 0. The lowest BCUT2D eigenvalue weighted by molar-refractivity contribution is 0.0955. The van der Waals surface area contributed by atoms with Crippen LogP contribution < -0.4 is 5.43 Å². The number of carbonyl (C=O) groups is 1. The first-order chi connectivity index (χ1) is 13.2. The number of aromatic nitrogens is 1. The van der Waals surface area contributed by atoms with E-state index in [2.05, 4.69) is 31.4 Å². The van der Waals surface area contributed by atoms with E-state index >= 15 is 0 Å². The third-order valence-corrected chi connectivity index (χ3v) is 6.02. The van der Waals surface area contributed by atoms with Gasteiger partial charge in [-0.2, -0.15) is 5.10 Å². The number of hydrazone groups is 1. The van der Waals surface area contributed by atoms with Crippen molar-refractivity contribution in [1.29, 1.82) is 0 Å². The highest BCUT2D eigenvalue weighted by molar-refractivity contribution is 9.10. The van der Waals surface area contributed by atoms with Crippen LogP contribution in [0.15, 0.2) is 84.1 Å². The van der Waals surface area contributed by atoms with E-state index in [-0.39, 0.29) is 5.91 Å². The van der Waals surface area contributed by atoms with Gasteiger partial charge in [-0.05, 0) is 54.2 Å². The number of amides is 1. The van der Waals surface area contributed by atoms with Crippen LogP contribution >= 0.6 is 39.0 Å². The Hall–Kier alpha value is -2.42. The molecule has 0 aliphatic carbocycles. The van der Waals surface area contributed by atoms with Crippen molar-refractivity contribution in [2.24, 2.45) is 5.10 Å². The molecule has 0 aliphatic heterocycles. The summed E-state index contributed by atoms with van der Waals surface area (Å²) in [7, 11) is 0. The second kappa shape index (κ2) is 8.08. The Balaban J connectivity index is 1.39. The maximum Gasteiger partial charge on any atom is 0.271 e. The fourth-order valence-corrected chi connectivity index (χ4v) is 4.66. The Labute approximate surface area is 171 Å². The molecule has 1 N–H and O–H groups in total. The lowest BCUT2D eigenvalue weighted by atomic mass is 10.2. The molecule has 4 aromatic rings. The van der Waals surface area contributed by atoms with Crippen LogP contribution in [0.3, 0.4) is 0 Å². The number of halogens is 1. The van der Waals surface area contributed by atoms with Crippen molar-refractivity contribution >= 4 is 61.4 Å². The summed E-state index contributed by atoms with van der Waals surface area (Å²) in [4.78, 5) is 16.6. The number of furan rings is 1. The molecule has 0 unspecified atom stereocenters. The smallest absolute Gasteiger partial charge is 0.271 e. The predicted molar refractivity (Wildman–Crippen MR) is 112 cm³/mol. The number of carbonyl (C=O) groups excluding carboxylic acids is 1. The molecule has 8 heteroatoms. The molecule has 2 heterocycles. The van der Waals surface area contributed by atoms with Gasteiger partial charge >= 0.3 is 0 Å². The molecule has 0 bridgehead atoms. The van der Waals surface area contributed by atoms with Crippen molar-refractivity contribution in [2.75, 3.05) is 0 Å². The highest BCUT2D eigenvalue weighted by atomic mass is 79.9. The first-order valence-electron chi connectivity index (χ1n) is 7.89. The topological polar surface area (TPSA) is 67.5 Å². The van der Waals surface area contributed by atoms with Crippen molar-refractivity contribution in [1.82, 2.24) is 10.4 Å². The lowest BCUT2D eigenvalue weighted by Crippen LogP contribution is -2.17. The molecule has 5 nitrogen and oxygen atoms in total. The van der Waals surface area contributed by atoms with Crippen LogP contribution in [0.5, 0.6) is 0 Å². The SMILES string of the molecule is O=C(NN=Cc1ccc(Sc2nc3ccccc3s2)o1)c1cccc(Br)c1. The molecule has 134 valence electrons. The van der Waals surface area contributed by atoms with Gasteiger partial charge in [-0.25, -0.2) is 10.4 Å². The monoisotopic (exact) mass is 457 g/mol. The second-order valence-electron chi connectivity index (χ2n) is 5.42. The molecule has 0 saturated heterocycles. The number of fused-ring (bicyclic) bond motifs is 1. The minimum atomic E-state index is -0.289. The van der Waals surface area contributed by atoms with Crippen molar-refractivity contribution < 1.29 is 9.21 Å². The van der Waals surface area contributed by atoms with Crippen LogP contribution in [-0.2, 0) is 0 Å². The van der Waals surface area contributed by atoms with Gasteiger partial charge in [0.15, 0.2) is 9.43 Å². The average Bonchev–Trinajstić information content (AvgIpc) is 3.28. The summed E-state index contributed by atoms with van der Waals surface area (Å²) < 4.78 is 8.60. The molecule has 1 amide bonds. The molecule has 0 fully saturated rings. The molecular formula is C19H12BrN3O2S2. The lowest BCUT2D eigenvalue weighted by Gasteiger charge is -1.99. The quantitative estimate of drug-likeness (QED) is 0.314. The molecule has 0 radical (unpaired) electrons. The van der Waals surface area contributed by atoms with Gasteiger partial charge in [0, 0.05) is 10.0 Å². The van der Waals surface area contributed by atoms with E-state index in [4.69, 9.17) is 4.42 Å². The van der Waals surface area contributed by atoms with Crippen LogP contribution in [0.1, 0.15) is 16.1 Å². The van der Waals surface area contributed by atoms with Crippen LogP contribution in [0.2, 0.25) is 0 Å². The number of rotatable bonds is 5. The molecule has 0 aliphatic rings. The number of hydrogen-bond donors (Lipinski definition) is 1. The Bertz CT molecular complexity index is 1100. The van der Waals surface area contributed by atoms with Crippen LogP contribution in [0.4, 0.5) is 0 Å². The van der Waals surface area contributed by atoms with Gasteiger partial charge in [0.05, 0.1) is 16.4 Å². The van der Waals surface area contributed by atoms with Gasteiger partial charge in [0.25, 0.3) is 5.91 Å². The van der Waals surface area contributed by atoms with Crippen molar-refractivity contribution in [2.45, 2.75) is 9.43 Å². The van der Waals surface area contributed by atoms with Crippen LogP contribution in [0.25, 0.3) is 10.2 Å². The minimum absolute atomic E-state index is 0.289. The summed E-state index contributed by atoms with van der Waals surface area (Å²) in [5.41, 5.74) is 3.99. The van der Waals surface area contributed by atoms with E-state index in [0.717, 1.165) is 19.0 Å². The number of nitrogens with zero attached hydrogens (tertiary/aromatic N) is 2. The first-order valence-corrected chi connectivity index (χ1v) is 10.3. The zero-order valence-corrected chi connectivity index (χ0v) is 17.0. The number of thiazole rings is 1. The third-order valence-electron chi connectivity index (χ3n) is 3.51. The largest absolute Gasteiger partial charge is 0.448 e. The van der Waals surface area contributed by atoms with E-state index < -0.39 is 0 Å². The van der Waals surface area contributed by atoms with Crippen molar-refractivity contribution in [3.8, 4) is 0 Å². The molecule has 4 rings (SSSR count). The van der Waals surface area contributed by atoms with E-state index in [1.807, 2.05) is 36.4 Å². The van der Waals surface area contributed by atoms with E-state index in [9.17, 15) is 4.79 Å². The summed E-state index contributed by atoms with van der Waals surface area (Å²) in [5.74, 6) is 0.260. The molecule has 0 atom stereocenters. The summed E-state index contributed by atoms with van der Waals surface area (Å²) >= 11 is 6.41. The number of hydrogen-bond acceptors (Lipinski definition) is 6. The summed E-state index contributed by atoms with van der Waals surface area (Å²) in [6.07, 6.45) is 1.47. The second-order valence-corrected chi connectivity index (χ2v) is 8.61. The maximum atomic E-state index is 12.0. The Morgan fingerprint density at radius 3 is 2.93 bits per heavy atom. The summed E-state index contributed by atoms with van der Waals surface area (Å²) in [6, 6.07) is 18.8. The minimum Gasteiger partial charge on any atom is -0.448 e. The van der Waals surface area contributed by atoms with Crippen molar-refractivity contribution in [3.63, 3.8) is 0 Å². The number of para-hydroxylation sites is 1. The van der Waals surface area contributed by atoms with E-state index in [0.29, 0.717) is 16.4 Å². The van der Waals surface area contributed by atoms with Gasteiger partial charge in [0.2, 0.25) is 0 Å². The Morgan fingerprint density at radius 1 is 1.19 bits per heavy atom. The number of benzene rings is 2. The number of nitrogens with one attached hydrogen (secondary N) is 1.